The second-order valence-electron chi connectivity index (χ2n) is 5.56. The van der Waals surface area contributed by atoms with Crippen LogP contribution in [-0.4, -0.2) is 32.1 Å². The molecule has 17 heavy (non-hydrogen) atoms. The van der Waals surface area contributed by atoms with E-state index in [-0.39, 0.29) is 5.41 Å². The Balaban J connectivity index is 2.49. The van der Waals surface area contributed by atoms with Gasteiger partial charge in [0.15, 0.2) is 0 Å². The van der Waals surface area contributed by atoms with Crippen molar-refractivity contribution in [3.05, 3.63) is 42.3 Å². The van der Waals surface area contributed by atoms with Crippen molar-refractivity contribution in [1.29, 1.82) is 0 Å². The Morgan fingerprint density at radius 2 is 2.00 bits per heavy atom. The van der Waals surface area contributed by atoms with Crippen LogP contribution < -0.4 is 5.32 Å². The number of nitrogens with one attached hydrogen (secondary N) is 1. The maximum absolute atomic E-state index is 4.17. The minimum Gasteiger partial charge on any atom is -0.311 e. The van der Waals surface area contributed by atoms with Gasteiger partial charge in [0.25, 0.3) is 0 Å². The molecule has 0 fully saturated rings. The fourth-order valence-corrected chi connectivity index (χ4v) is 1.64. The normalized spacial score (nSPS) is 12.1. The maximum Gasteiger partial charge on any atom is 0.0206 e. The standard InChI is InChI=1S/C15H25N2/c1-15(2,3)14-8-6-7-13(11-14)12-16-9-10-17(4)5/h6-8,11,16H,1,9-10,12H2,2-5H3. The predicted octanol–water partition coefficient (Wildman–Crippen LogP) is 2.45. The van der Waals surface area contributed by atoms with Gasteiger partial charge in [-0.15, -0.1) is 0 Å². The van der Waals surface area contributed by atoms with Crippen LogP contribution in [0, 0.1) is 6.92 Å². The van der Waals surface area contributed by atoms with Gasteiger partial charge in [0.2, 0.25) is 0 Å². The zero-order chi connectivity index (χ0) is 12.9. The zero-order valence-electron chi connectivity index (χ0n) is 11.6. The van der Waals surface area contributed by atoms with Crippen LogP contribution in [0.4, 0.5) is 0 Å². The van der Waals surface area contributed by atoms with E-state index in [2.05, 4.69) is 69.3 Å². The molecule has 2 heteroatoms. The van der Waals surface area contributed by atoms with Gasteiger partial charge >= 0.3 is 0 Å². The van der Waals surface area contributed by atoms with Crippen LogP contribution in [0.3, 0.4) is 0 Å². The summed E-state index contributed by atoms with van der Waals surface area (Å²) in [6.45, 7) is 11.5. The van der Waals surface area contributed by atoms with Gasteiger partial charge in [-0.05, 0) is 37.6 Å². The van der Waals surface area contributed by atoms with Crippen molar-refractivity contribution in [2.45, 2.75) is 25.8 Å². The molecule has 0 spiro atoms. The van der Waals surface area contributed by atoms with Crippen molar-refractivity contribution >= 4 is 0 Å². The summed E-state index contributed by atoms with van der Waals surface area (Å²) < 4.78 is 0. The van der Waals surface area contributed by atoms with Gasteiger partial charge in [-0.1, -0.05) is 38.1 Å². The van der Waals surface area contributed by atoms with Gasteiger partial charge in [0.1, 0.15) is 0 Å². The molecule has 0 bridgehead atoms. The molecule has 0 heterocycles. The quantitative estimate of drug-likeness (QED) is 0.759. The first-order chi connectivity index (χ1) is 7.89. The summed E-state index contributed by atoms with van der Waals surface area (Å²) in [5.41, 5.74) is 2.61. The van der Waals surface area contributed by atoms with Crippen LogP contribution >= 0.6 is 0 Å². The number of rotatable bonds is 6. The highest BCUT2D eigenvalue weighted by molar-refractivity contribution is 5.29. The zero-order valence-corrected chi connectivity index (χ0v) is 11.6. The average molecular weight is 233 g/mol. The molecule has 1 radical (unpaired) electrons. The lowest BCUT2D eigenvalue weighted by molar-refractivity contribution is 0.400. The SMILES string of the molecule is [CH2]C(C)(C)c1cccc(CNCCN(C)C)c1. The van der Waals surface area contributed by atoms with Crippen molar-refractivity contribution in [3.8, 4) is 0 Å². The van der Waals surface area contributed by atoms with E-state index in [1.807, 2.05) is 0 Å². The van der Waals surface area contributed by atoms with Crippen LogP contribution in [0.2, 0.25) is 0 Å². The van der Waals surface area contributed by atoms with E-state index >= 15 is 0 Å². The van der Waals surface area contributed by atoms with Gasteiger partial charge in [-0.25, -0.2) is 0 Å². The Kier molecular flexibility index (Phi) is 5.16. The molecule has 0 saturated heterocycles. The number of likely N-dealkylation sites (N-methyl/N-ethyl adjacent to an activating group) is 1. The minimum atomic E-state index is -0.0142. The van der Waals surface area contributed by atoms with E-state index in [9.17, 15) is 0 Å². The molecule has 2 nitrogen and oxygen atoms in total. The largest absolute Gasteiger partial charge is 0.311 e. The third-order valence-corrected chi connectivity index (χ3v) is 2.77. The van der Waals surface area contributed by atoms with Crippen LogP contribution in [0.1, 0.15) is 25.0 Å². The van der Waals surface area contributed by atoms with Crippen LogP contribution in [0.15, 0.2) is 24.3 Å². The lowest BCUT2D eigenvalue weighted by Gasteiger charge is -2.19. The number of hydrogen-bond donors (Lipinski definition) is 1. The summed E-state index contributed by atoms with van der Waals surface area (Å²) in [7, 11) is 4.18. The Hall–Kier alpha value is -0.860. The predicted molar refractivity (Wildman–Crippen MR) is 75.1 cm³/mol. The summed E-state index contributed by atoms with van der Waals surface area (Å²) in [6.07, 6.45) is 0. The van der Waals surface area contributed by atoms with Gasteiger partial charge < -0.3 is 10.2 Å². The summed E-state index contributed by atoms with van der Waals surface area (Å²) in [4.78, 5) is 2.18. The Morgan fingerprint density at radius 3 is 2.59 bits per heavy atom. The number of benzene rings is 1. The third-order valence-electron chi connectivity index (χ3n) is 2.77. The van der Waals surface area contributed by atoms with Crippen molar-refractivity contribution < 1.29 is 0 Å². The molecular weight excluding hydrogens is 208 g/mol. The average Bonchev–Trinajstić information content (AvgIpc) is 2.23. The third kappa shape index (κ3) is 5.33. The molecule has 1 N–H and O–H groups in total. The monoisotopic (exact) mass is 233 g/mol. The van der Waals surface area contributed by atoms with Crippen LogP contribution in [0.5, 0.6) is 0 Å². The van der Waals surface area contributed by atoms with E-state index < -0.39 is 0 Å². The summed E-state index contributed by atoms with van der Waals surface area (Å²) in [6, 6.07) is 8.68. The Morgan fingerprint density at radius 1 is 1.29 bits per heavy atom. The molecule has 95 valence electrons. The fraction of sp³-hybridized carbons (Fsp3) is 0.533. The minimum absolute atomic E-state index is 0.0142. The molecule has 0 saturated carbocycles. The number of nitrogens with zero attached hydrogens (tertiary/aromatic N) is 1. The molecule has 1 aromatic rings. The summed E-state index contributed by atoms with van der Waals surface area (Å²) in [5, 5.41) is 3.45. The second kappa shape index (κ2) is 6.18. The van der Waals surface area contributed by atoms with Crippen molar-refractivity contribution in [3.63, 3.8) is 0 Å². The van der Waals surface area contributed by atoms with Crippen molar-refractivity contribution in [1.82, 2.24) is 10.2 Å². The summed E-state index contributed by atoms with van der Waals surface area (Å²) >= 11 is 0. The molecule has 0 amide bonds. The van der Waals surface area contributed by atoms with Gasteiger partial charge in [-0.2, -0.15) is 0 Å². The lowest BCUT2D eigenvalue weighted by Crippen LogP contribution is -2.26. The van der Waals surface area contributed by atoms with Gasteiger partial charge in [-0.3, -0.25) is 0 Å². The van der Waals surface area contributed by atoms with Gasteiger partial charge in [0.05, 0.1) is 0 Å². The van der Waals surface area contributed by atoms with Crippen molar-refractivity contribution in [2.24, 2.45) is 0 Å². The second-order valence-corrected chi connectivity index (χ2v) is 5.56. The topological polar surface area (TPSA) is 15.3 Å². The molecule has 0 aromatic heterocycles. The highest BCUT2D eigenvalue weighted by Gasteiger charge is 2.13. The van der Waals surface area contributed by atoms with Gasteiger partial charge in [0, 0.05) is 19.6 Å². The molecule has 1 aromatic carbocycles. The first-order valence-electron chi connectivity index (χ1n) is 6.20. The Labute approximate surface area is 106 Å². The first-order valence-corrected chi connectivity index (χ1v) is 6.20. The van der Waals surface area contributed by atoms with Crippen LogP contribution in [0.25, 0.3) is 0 Å². The highest BCUT2D eigenvalue weighted by Crippen LogP contribution is 2.22. The first kappa shape index (κ1) is 14.2. The molecule has 0 atom stereocenters. The molecule has 0 unspecified atom stereocenters. The molecule has 0 aliphatic carbocycles. The maximum atomic E-state index is 4.17. The van der Waals surface area contributed by atoms with E-state index in [0.29, 0.717) is 0 Å². The van der Waals surface area contributed by atoms with E-state index in [4.69, 9.17) is 0 Å². The Bertz CT molecular complexity index is 337. The van der Waals surface area contributed by atoms with E-state index in [0.717, 1.165) is 19.6 Å². The van der Waals surface area contributed by atoms with E-state index in [1.165, 1.54) is 11.1 Å². The molecular formula is C15H25N2. The van der Waals surface area contributed by atoms with E-state index in [1.54, 1.807) is 0 Å². The smallest absolute Gasteiger partial charge is 0.0206 e. The number of hydrogen-bond acceptors (Lipinski definition) is 2. The molecule has 0 aliphatic heterocycles. The molecule has 1 rings (SSSR count). The summed E-state index contributed by atoms with van der Waals surface area (Å²) in [5.74, 6) is 0. The lowest BCUT2D eigenvalue weighted by atomic mass is 9.86. The van der Waals surface area contributed by atoms with Crippen LogP contribution in [-0.2, 0) is 12.0 Å². The fourth-order valence-electron chi connectivity index (χ4n) is 1.64. The highest BCUT2D eigenvalue weighted by atomic mass is 15.1. The van der Waals surface area contributed by atoms with Crippen molar-refractivity contribution in [2.75, 3.05) is 27.2 Å². The molecule has 0 aliphatic rings.